The van der Waals surface area contributed by atoms with Gasteiger partial charge >= 0.3 is 0 Å². The average Bonchev–Trinajstić information content (AvgIpc) is 2.73. The van der Waals surface area contributed by atoms with Gasteiger partial charge in [-0.2, -0.15) is 0 Å². The highest BCUT2D eigenvalue weighted by atomic mass is 16.2. The van der Waals surface area contributed by atoms with Crippen LogP contribution in [0, 0.1) is 0 Å². The van der Waals surface area contributed by atoms with Crippen LogP contribution in [-0.4, -0.2) is 70.9 Å². The molecule has 2 aliphatic carbocycles. The van der Waals surface area contributed by atoms with E-state index in [0.29, 0.717) is 18.4 Å². The van der Waals surface area contributed by atoms with Crippen LogP contribution in [0.4, 0.5) is 5.82 Å². The summed E-state index contributed by atoms with van der Waals surface area (Å²) in [5, 5.41) is 0. The van der Waals surface area contributed by atoms with E-state index in [4.69, 9.17) is 10.7 Å². The standard InChI is InChI=1S/C24H37N5O/c25-24-21(18-5-2-1-3-6-18)15-19-16-27(10-9-22(19)26-24)17-23(30)29-13-11-28(12-14-29)20-7-4-8-20/h15,18,20H,1-14,16-17H2,(H2,25,26). The van der Waals surface area contributed by atoms with Crippen molar-refractivity contribution in [3.8, 4) is 0 Å². The first kappa shape index (κ1) is 20.3. The van der Waals surface area contributed by atoms with Crippen molar-refractivity contribution in [1.29, 1.82) is 0 Å². The molecule has 1 aromatic rings. The second kappa shape index (κ2) is 8.83. The van der Waals surface area contributed by atoms with Gasteiger partial charge in [0.1, 0.15) is 5.82 Å². The lowest BCUT2D eigenvalue weighted by atomic mass is 9.83. The Balaban J connectivity index is 1.18. The van der Waals surface area contributed by atoms with Crippen LogP contribution in [-0.2, 0) is 17.8 Å². The largest absolute Gasteiger partial charge is 0.383 e. The highest BCUT2D eigenvalue weighted by molar-refractivity contribution is 5.78. The zero-order chi connectivity index (χ0) is 20.5. The summed E-state index contributed by atoms with van der Waals surface area (Å²) in [6.45, 7) is 6.14. The van der Waals surface area contributed by atoms with Crippen LogP contribution < -0.4 is 5.73 Å². The van der Waals surface area contributed by atoms with Crippen molar-refractivity contribution in [3.05, 3.63) is 22.9 Å². The van der Waals surface area contributed by atoms with Crippen LogP contribution in [0.25, 0.3) is 0 Å². The molecule has 2 N–H and O–H groups in total. The summed E-state index contributed by atoms with van der Waals surface area (Å²) in [4.78, 5) is 24.7. The number of hydrogen-bond acceptors (Lipinski definition) is 5. The van der Waals surface area contributed by atoms with Gasteiger partial charge in [0.25, 0.3) is 0 Å². The topological polar surface area (TPSA) is 65.7 Å². The van der Waals surface area contributed by atoms with E-state index in [0.717, 1.165) is 63.2 Å². The molecule has 0 radical (unpaired) electrons. The van der Waals surface area contributed by atoms with Crippen molar-refractivity contribution < 1.29 is 4.79 Å². The number of piperazine rings is 1. The molecule has 2 aliphatic heterocycles. The van der Waals surface area contributed by atoms with Gasteiger partial charge in [0.15, 0.2) is 0 Å². The molecule has 3 fully saturated rings. The summed E-state index contributed by atoms with van der Waals surface area (Å²) in [5.74, 6) is 1.61. The molecule has 6 nitrogen and oxygen atoms in total. The minimum atomic E-state index is 0.294. The number of carbonyl (C=O) groups excluding carboxylic acids is 1. The van der Waals surface area contributed by atoms with E-state index in [-0.39, 0.29) is 0 Å². The van der Waals surface area contributed by atoms with Crippen molar-refractivity contribution >= 4 is 11.7 Å². The highest BCUT2D eigenvalue weighted by Crippen LogP contribution is 2.36. The molecule has 0 spiro atoms. The predicted molar refractivity (Wildman–Crippen MR) is 119 cm³/mol. The van der Waals surface area contributed by atoms with E-state index in [9.17, 15) is 4.79 Å². The number of amides is 1. The SMILES string of the molecule is Nc1nc2c(cc1C1CCCCC1)CN(CC(=O)N1CCN(C3CCC3)CC1)CC2. The van der Waals surface area contributed by atoms with Crippen LogP contribution in [0.15, 0.2) is 6.07 Å². The number of anilines is 1. The number of nitrogens with zero attached hydrogens (tertiary/aromatic N) is 4. The minimum Gasteiger partial charge on any atom is -0.383 e. The summed E-state index contributed by atoms with van der Waals surface area (Å²) >= 11 is 0. The Morgan fingerprint density at radius 2 is 1.77 bits per heavy atom. The Labute approximate surface area is 180 Å². The molecular weight excluding hydrogens is 374 g/mol. The maximum Gasteiger partial charge on any atom is 0.236 e. The number of nitrogens with two attached hydrogens (primary N) is 1. The van der Waals surface area contributed by atoms with Gasteiger partial charge < -0.3 is 10.6 Å². The first-order chi connectivity index (χ1) is 14.7. The first-order valence-corrected chi connectivity index (χ1v) is 12.2. The molecule has 0 aromatic carbocycles. The minimum absolute atomic E-state index is 0.294. The fourth-order valence-corrected chi connectivity index (χ4v) is 5.82. The van der Waals surface area contributed by atoms with E-state index in [1.165, 1.54) is 62.5 Å². The Kier molecular flexibility index (Phi) is 5.96. The van der Waals surface area contributed by atoms with E-state index >= 15 is 0 Å². The summed E-state index contributed by atoms with van der Waals surface area (Å²) < 4.78 is 0. The van der Waals surface area contributed by atoms with Crippen molar-refractivity contribution in [2.75, 3.05) is 45.0 Å². The molecule has 1 saturated heterocycles. The molecule has 4 aliphatic rings. The molecule has 6 heteroatoms. The molecule has 0 unspecified atom stereocenters. The van der Waals surface area contributed by atoms with Crippen LogP contribution in [0.1, 0.15) is 74.1 Å². The van der Waals surface area contributed by atoms with Crippen LogP contribution >= 0.6 is 0 Å². The lowest BCUT2D eigenvalue weighted by molar-refractivity contribution is -0.135. The number of hydrogen-bond donors (Lipinski definition) is 1. The van der Waals surface area contributed by atoms with Crippen molar-refractivity contribution in [1.82, 2.24) is 19.7 Å². The number of carbonyl (C=O) groups is 1. The molecule has 3 heterocycles. The molecule has 164 valence electrons. The van der Waals surface area contributed by atoms with Gasteiger partial charge in [-0.3, -0.25) is 14.6 Å². The molecule has 2 saturated carbocycles. The Morgan fingerprint density at radius 3 is 2.47 bits per heavy atom. The Hall–Kier alpha value is -1.66. The second-order valence-electron chi connectivity index (χ2n) is 9.87. The molecule has 0 bridgehead atoms. The monoisotopic (exact) mass is 411 g/mol. The van der Waals surface area contributed by atoms with Crippen LogP contribution in [0.2, 0.25) is 0 Å². The van der Waals surface area contributed by atoms with Crippen molar-refractivity contribution in [2.45, 2.75) is 76.3 Å². The van der Waals surface area contributed by atoms with E-state index in [1.54, 1.807) is 0 Å². The van der Waals surface area contributed by atoms with Gasteiger partial charge in [-0.1, -0.05) is 25.7 Å². The molecule has 0 atom stereocenters. The maximum atomic E-state index is 12.9. The number of fused-ring (bicyclic) bond motifs is 1. The predicted octanol–water partition coefficient (Wildman–Crippen LogP) is 2.77. The lowest BCUT2D eigenvalue weighted by Gasteiger charge is -2.43. The third-order valence-electron chi connectivity index (χ3n) is 7.97. The smallest absolute Gasteiger partial charge is 0.236 e. The van der Waals surface area contributed by atoms with E-state index in [2.05, 4.69) is 20.8 Å². The van der Waals surface area contributed by atoms with Gasteiger partial charge in [-0.25, -0.2) is 4.98 Å². The van der Waals surface area contributed by atoms with Crippen molar-refractivity contribution in [3.63, 3.8) is 0 Å². The summed E-state index contributed by atoms with van der Waals surface area (Å²) in [6, 6.07) is 3.11. The number of aromatic nitrogens is 1. The second-order valence-corrected chi connectivity index (χ2v) is 9.87. The average molecular weight is 412 g/mol. The molecule has 1 aromatic heterocycles. The van der Waals surface area contributed by atoms with Gasteiger partial charge in [-0.15, -0.1) is 0 Å². The Bertz CT molecular complexity index is 763. The molecule has 30 heavy (non-hydrogen) atoms. The van der Waals surface area contributed by atoms with E-state index in [1.807, 2.05) is 0 Å². The summed E-state index contributed by atoms with van der Waals surface area (Å²) in [5.41, 5.74) is 10.0. The van der Waals surface area contributed by atoms with Gasteiger partial charge in [0, 0.05) is 57.4 Å². The maximum absolute atomic E-state index is 12.9. The van der Waals surface area contributed by atoms with Crippen LogP contribution in [0.5, 0.6) is 0 Å². The molecule has 5 rings (SSSR count). The molecular formula is C24H37N5O. The number of pyridine rings is 1. The highest BCUT2D eigenvalue weighted by Gasteiger charge is 2.30. The lowest BCUT2D eigenvalue weighted by Crippen LogP contribution is -2.55. The zero-order valence-corrected chi connectivity index (χ0v) is 18.3. The summed E-state index contributed by atoms with van der Waals surface area (Å²) in [6.07, 6.45) is 11.4. The van der Waals surface area contributed by atoms with Gasteiger partial charge in [-0.05, 0) is 48.8 Å². The third-order valence-corrected chi connectivity index (χ3v) is 7.97. The third kappa shape index (κ3) is 4.22. The fourth-order valence-electron chi connectivity index (χ4n) is 5.82. The zero-order valence-electron chi connectivity index (χ0n) is 18.3. The van der Waals surface area contributed by atoms with Gasteiger partial charge in [0.2, 0.25) is 5.91 Å². The first-order valence-electron chi connectivity index (χ1n) is 12.2. The fraction of sp³-hybridized carbons (Fsp3) is 0.750. The summed E-state index contributed by atoms with van der Waals surface area (Å²) in [7, 11) is 0. The van der Waals surface area contributed by atoms with E-state index < -0.39 is 0 Å². The quantitative estimate of drug-likeness (QED) is 0.825. The van der Waals surface area contributed by atoms with Crippen LogP contribution in [0.3, 0.4) is 0 Å². The number of nitrogen functional groups attached to an aromatic ring is 1. The van der Waals surface area contributed by atoms with Gasteiger partial charge in [0.05, 0.1) is 6.54 Å². The normalized spacial score (nSPS) is 24.5. The number of rotatable bonds is 4. The molecule has 1 amide bonds. The Morgan fingerprint density at radius 1 is 1.00 bits per heavy atom. The van der Waals surface area contributed by atoms with Crippen molar-refractivity contribution in [2.24, 2.45) is 0 Å².